The Morgan fingerprint density at radius 2 is 2.05 bits per heavy atom. The predicted octanol–water partition coefficient (Wildman–Crippen LogP) is 2.87. The van der Waals surface area contributed by atoms with Gasteiger partial charge in [0, 0.05) is 30.2 Å². The number of aromatic nitrogens is 2. The first kappa shape index (κ1) is 12.9. The van der Waals surface area contributed by atoms with Crippen LogP contribution in [0.2, 0.25) is 0 Å². The third-order valence-electron chi connectivity index (χ3n) is 2.77. The molecule has 0 aliphatic carbocycles. The number of nitrogens with one attached hydrogen (secondary N) is 1. The number of benzene rings is 1. The number of nitrogens with zero attached hydrogens (tertiary/aromatic N) is 3. The highest BCUT2D eigenvalue weighted by Gasteiger charge is 2.12. The number of nitro benzene ring substituents is 1. The fourth-order valence-electron chi connectivity index (χ4n) is 1.87. The second-order valence-electron chi connectivity index (χ2n) is 4.20. The van der Waals surface area contributed by atoms with Crippen molar-refractivity contribution in [3.63, 3.8) is 0 Å². The van der Waals surface area contributed by atoms with Gasteiger partial charge in [0.2, 0.25) is 0 Å². The third kappa shape index (κ3) is 3.04. The second-order valence-corrected chi connectivity index (χ2v) is 4.20. The number of nitro groups is 1. The summed E-state index contributed by atoms with van der Waals surface area (Å²) in [7, 11) is 0. The van der Waals surface area contributed by atoms with E-state index in [0.717, 1.165) is 11.4 Å². The van der Waals surface area contributed by atoms with Gasteiger partial charge in [0.05, 0.1) is 22.4 Å². The van der Waals surface area contributed by atoms with Gasteiger partial charge in [-0.3, -0.25) is 20.1 Å². The lowest BCUT2D eigenvalue weighted by Gasteiger charge is -2.15. The third-order valence-corrected chi connectivity index (χ3v) is 2.77. The highest BCUT2D eigenvalue weighted by Crippen LogP contribution is 2.22. The van der Waals surface area contributed by atoms with Crippen LogP contribution in [0.5, 0.6) is 0 Å². The maximum Gasteiger partial charge on any atom is 0.271 e. The van der Waals surface area contributed by atoms with Crippen LogP contribution in [0.3, 0.4) is 0 Å². The van der Waals surface area contributed by atoms with Crippen molar-refractivity contribution in [1.29, 1.82) is 0 Å². The Kier molecular flexibility index (Phi) is 3.70. The molecule has 2 aromatic rings. The van der Waals surface area contributed by atoms with Gasteiger partial charge in [-0.05, 0) is 19.9 Å². The molecule has 0 fully saturated rings. The Balaban J connectivity index is 2.19. The van der Waals surface area contributed by atoms with E-state index in [1.165, 1.54) is 12.1 Å². The minimum absolute atomic E-state index is 0.0630. The Bertz CT molecular complexity index is 601. The summed E-state index contributed by atoms with van der Waals surface area (Å²) in [6.07, 6.45) is 3.27. The van der Waals surface area contributed by atoms with Gasteiger partial charge in [0.1, 0.15) is 0 Å². The van der Waals surface area contributed by atoms with Crippen molar-refractivity contribution in [2.45, 2.75) is 19.9 Å². The predicted molar refractivity (Wildman–Crippen MR) is 71.9 cm³/mol. The van der Waals surface area contributed by atoms with Crippen molar-refractivity contribution in [2.75, 3.05) is 5.32 Å². The zero-order valence-electron chi connectivity index (χ0n) is 10.7. The largest absolute Gasteiger partial charge is 0.377 e. The maximum atomic E-state index is 10.7. The molecule has 98 valence electrons. The van der Waals surface area contributed by atoms with E-state index in [9.17, 15) is 10.1 Å². The molecule has 0 spiro atoms. The lowest BCUT2D eigenvalue weighted by Crippen LogP contribution is -2.11. The minimum Gasteiger partial charge on any atom is -0.377 e. The molecule has 0 saturated carbocycles. The number of aryl methyl sites for hydroxylation is 1. The lowest BCUT2D eigenvalue weighted by atomic mass is 10.1. The first-order valence-electron chi connectivity index (χ1n) is 5.86. The molecule has 6 nitrogen and oxygen atoms in total. The van der Waals surface area contributed by atoms with Crippen molar-refractivity contribution >= 4 is 11.4 Å². The molecule has 6 heteroatoms. The van der Waals surface area contributed by atoms with Crippen molar-refractivity contribution in [1.82, 2.24) is 9.97 Å². The van der Waals surface area contributed by atoms with Crippen molar-refractivity contribution in [3.05, 3.63) is 58.2 Å². The molecule has 1 atom stereocenters. The summed E-state index contributed by atoms with van der Waals surface area (Å²) in [5.74, 6) is 0. The molecule has 0 amide bonds. The number of anilines is 1. The Morgan fingerprint density at radius 1 is 1.32 bits per heavy atom. The van der Waals surface area contributed by atoms with Gasteiger partial charge in [-0.1, -0.05) is 6.07 Å². The van der Waals surface area contributed by atoms with E-state index in [4.69, 9.17) is 0 Å². The molecule has 0 radical (unpaired) electrons. The molecular formula is C13H14N4O2. The molecule has 1 aromatic carbocycles. The van der Waals surface area contributed by atoms with Crippen LogP contribution in [0.15, 0.2) is 36.7 Å². The summed E-state index contributed by atoms with van der Waals surface area (Å²) in [5.41, 5.74) is 2.42. The van der Waals surface area contributed by atoms with E-state index in [0.29, 0.717) is 5.69 Å². The zero-order valence-corrected chi connectivity index (χ0v) is 10.7. The quantitative estimate of drug-likeness (QED) is 0.673. The number of hydrogen-bond donors (Lipinski definition) is 1. The number of rotatable bonds is 4. The molecule has 0 saturated heterocycles. The second kappa shape index (κ2) is 5.43. The van der Waals surface area contributed by atoms with Crippen molar-refractivity contribution in [3.8, 4) is 0 Å². The van der Waals surface area contributed by atoms with Gasteiger partial charge in [-0.25, -0.2) is 0 Å². The summed E-state index contributed by atoms with van der Waals surface area (Å²) in [5, 5.41) is 13.9. The molecule has 1 unspecified atom stereocenters. The SMILES string of the molecule is Cc1nccnc1C(C)Nc1cccc([N+](=O)[O-])c1. The molecule has 0 aliphatic rings. The van der Waals surface area contributed by atoms with Crippen LogP contribution in [0.25, 0.3) is 0 Å². The average Bonchev–Trinajstić information content (AvgIpc) is 2.39. The summed E-state index contributed by atoms with van der Waals surface area (Å²) in [6.45, 7) is 3.82. The first-order valence-corrected chi connectivity index (χ1v) is 5.86. The highest BCUT2D eigenvalue weighted by molar-refractivity contribution is 5.52. The first-order chi connectivity index (χ1) is 9.08. The van der Waals surface area contributed by atoms with Crippen LogP contribution in [0.1, 0.15) is 24.4 Å². The molecule has 1 N–H and O–H groups in total. The zero-order chi connectivity index (χ0) is 13.8. The lowest BCUT2D eigenvalue weighted by molar-refractivity contribution is -0.384. The highest BCUT2D eigenvalue weighted by atomic mass is 16.6. The van der Waals surface area contributed by atoms with Crippen LogP contribution < -0.4 is 5.32 Å². The summed E-state index contributed by atoms with van der Waals surface area (Å²) in [6, 6.07) is 6.33. The van der Waals surface area contributed by atoms with Crippen molar-refractivity contribution < 1.29 is 4.92 Å². The van der Waals surface area contributed by atoms with E-state index < -0.39 is 4.92 Å². The van der Waals surface area contributed by atoms with Crippen LogP contribution in [-0.4, -0.2) is 14.9 Å². The molecule has 1 heterocycles. The van der Waals surface area contributed by atoms with Crippen molar-refractivity contribution in [2.24, 2.45) is 0 Å². The van der Waals surface area contributed by atoms with E-state index in [1.807, 2.05) is 13.8 Å². The minimum atomic E-state index is -0.413. The Labute approximate surface area is 110 Å². The summed E-state index contributed by atoms with van der Waals surface area (Å²) >= 11 is 0. The van der Waals surface area contributed by atoms with Gasteiger partial charge in [0.15, 0.2) is 0 Å². The van der Waals surface area contributed by atoms with E-state index in [2.05, 4.69) is 15.3 Å². The normalized spacial score (nSPS) is 11.9. The van der Waals surface area contributed by atoms with E-state index >= 15 is 0 Å². The van der Waals surface area contributed by atoms with Crippen LogP contribution in [0.4, 0.5) is 11.4 Å². The van der Waals surface area contributed by atoms with Gasteiger partial charge in [0.25, 0.3) is 5.69 Å². The summed E-state index contributed by atoms with van der Waals surface area (Å²) < 4.78 is 0. The van der Waals surface area contributed by atoms with Crippen LogP contribution in [-0.2, 0) is 0 Å². The Hall–Kier alpha value is -2.50. The molecule has 0 aliphatic heterocycles. The standard InChI is InChI=1S/C13H14N4O2/c1-9-13(15-7-6-14-9)10(2)16-11-4-3-5-12(8-11)17(18)19/h3-8,10,16H,1-2H3. The number of hydrogen-bond acceptors (Lipinski definition) is 5. The van der Waals surface area contributed by atoms with Gasteiger partial charge >= 0.3 is 0 Å². The molecule has 1 aromatic heterocycles. The van der Waals surface area contributed by atoms with Crippen LogP contribution in [0, 0.1) is 17.0 Å². The van der Waals surface area contributed by atoms with Crippen LogP contribution >= 0.6 is 0 Å². The molecule has 19 heavy (non-hydrogen) atoms. The maximum absolute atomic E-state index is 10.7. The summed E-state index contributed by atoms with van der Waals surface area (Å²) in [4.78, 5) is 18.8. The average molecular weight is 258 g/mol. The number of non-ortho nitro benzene ring substituents is 1. The molecule has 0 bridgehead atoms. The van der Waals surface area contributed by atoms with E-state index in [1.54, 1.807) is 24.5 Å². The monoisotopic (exact) mass is 258 g/mol. The fraction of sp³-hybridized carbons (Fsp3) is 0.231. The van der Waals surface area contributed by atoms with E-state index in [-0.39, 0.29) is 11.7 Å². The Morgan fingerprint density at radius 3 is 2.74 bits per heavy atom. The van der Waals surface area contributed by atoms with Gasteiger partial charge < -0.3 is 5.32 Å². The molecule has 2 rings (SSSR count). The molecular weight excluding hydrogens is 244 g/mol. The smallest absolute Gasteiger partial charge is 0.271 e. The van der Waals surface area contributed by atoms with Gasteiger partial charge in [-0.15, -0.1) is 0 Å². The fourth-order valence-corrected chi connectivity index (χ4v) is 1.87. The van der Waals surface area contributed by atoms with Gasteiger partial charge in [-0.2, -0.15) is 0 Å². The topological polar surface area (TPSA) is 81.0 Å².